The number of rotatable bonds is 2. The maximum atomic E-state index is 12.5. The van der Waals surface area contributed by atoms with Crippen molar-refractivity contribution in [3.8, 4) is 0 Å². The summed E-state index contributed by atoms with van der Waals surface area (Å²) in [5.41, 5.74) is 1.75. The molecule has 0 N–H and O–H groups in total. The summed E-state index contributed by atoms with van der Waals surface area (Å²) in [5.74, 6) is 0.293. The molecular weight excluding hydrogens is 278 g/mol. The van der Waals surface area contributed by atoms with Crippen LogP contribution in [0.5, 0.6) is 0 Å². The van der Waals surface area contributed by atoms with Crippen molar-refractivity contribution in [3.63, 3.8) is 0 Å². The van der Waals surface area contributed by atoms with Crippen molar-refractivity contribution in [2.24, 2.45) is 5.41 Å². The van der Waals surface area contributed by atoms with Gasteiger partial charge in [-0.2, -0.15) is 0 Å². The third-order valence-electron chi connectivity index (χ3n) is 5.07. The molecule has 2 amide bonds. The van der Waals surface area contributed by atoms with Crippen molar-refractivity contribution in [3.05, 3.63) is 29.6 Å². The summed E-state index contributed by atoms with van der Waals surface area (Å²) in [5, 5.41) is 0. The van der Waals surface area contributed by atoms with E-state index in [1.54, 1.807) is 6.20 Å². The summed E-state index contributed by atoms with van der Waals surface area (Å²) in [6.07, 6.45) is 5.02. The van der Waals surface area contributed by atoms with Crippen LogP contribution in [0.25, 0.3) is 0 Å². The molecule has 22 heavy (non-hydrogen) atoms. The van der Waals surface area contributed by atoms with Crippen LogP contribution in [0, 0.1) is 5.41 Å². The van der Waals surface area contributed by atoms with E-state index < -0.39 is 0 Å². The van der Waals surface area contributed by atoms with E-state index in [2.05, 4.69) is 4.98 Å². The topological polar surface area (TPSA) is 53.5 Å². The minimum atomic E-state index is 0.0580. The molecule has 0 bridgehead atoms. The number of piperidine rings is 1. The monoisotopic (exact) mass is 301 g/mol. The molecule has 2 aliphatic rings. The molecule has 0 aliphatic carbocycles. The van der Waals surface area contributed by atoms with E-state index in [-0.39, 0.29) is 17.2 Å². The minimum Gasteiger partial charge on any atom is -0.345 e. The van der Waals surface area contributed by atoms with Gasteiger partial charge in [0.05, 0.1) is 5.56 Å². The fraction of sp³-hybridized carbons (Fsp3) is 0.588. The van der Waals surface area contributed by atoms with Crippen LogP contribution in [-0.2, 0) is 11.2 Å². The van der Waals surface area contributed by atoms with Gasteiger partial charge in [0.2, 0.25) is 5.91 Å². The molecule has 1 spiro atoms. The van der Waals surface area contributed by atoms with Crippen molar-refractivity contribution in [2.45, 2.75) is 32.6 Å². The summed E-state index contributed by atoms with van der Waals surface area (Å²) in [6.45, 7) is 4.35. The Morgan fingerprint density at radius 3 is 2.55 bits per heavy atom. The lowest BCUT2D eigenvalue weighted by atomic mass is 9.77. The first-order chi connectivity index (χ1) is 10.5. The van der Waals surface area contributed by atoms with Crippen LogP contribution in [0.4, 0.5) is 0 Å². The van der Waals surface area contributed by atoms with E-state index in [1.807, 2.05) is 35.9 Å². The molecule has 2 aliphatic heterocycles. The van der Waals surface area contributed by atoms with Gasteiger partial charge in [0.1, 0.15) is 0 Å². The molecule has 2 fully saturated rings. The fourth-order valence-electron chi connectivity index (χ4n) is 3.56. The van der Waals surface area contributed by atoms with Crippen LogP contribution in [0.15, 0.2) is 18.3 Å². The Balaban J connectivity index is 1.63. The standard InChI is InChI=1S/C17H23N3O2/c1-3-14-5-4-13(11-18-14)16(22)20-8-6-17(7-9-20)10-15(21)19(2)12-17/h4-5,11H,3,6-10,12H2,1-2H3. The molecule has 0 radical (unpaired) electrons. The van der Waals surface area contributed by atoms with Crippen LogP contribution in [0.3, 0.4) is 0 Å². The number of aryl methyl sites for hydroxylation is 1. The summed E-state index contributed by atoms with van der Waals surface area (Å²) >= 11 is 0. The molecule has 3 heterocycles. The zero-order chi connectivity index (χ0) is 15.7. The lowest BCUT2D eigenvalue weighted by Crippen LogP contribution is -2.44. The SMILES string of the molecule is CCc1ccc(C(=O)N2CCC3(CC2)CC(=O)N(C)C3)cn1. The Morgan fingerprint density at radius 1 is 1.32 bits per heavy atom. The maximum absolute atomic E-state index is 12.5. The number of hydrogen-bond acceptors (Lipinski definition) is 3. The molecule has 5 nitrogen and oxygen atoms in total. The molecular formula is C17H23N3O2. The minimum absolute atomic E-state index is 0.0580. The van der Waals surface area contributed by atoms with Crippen molar-refractivity contribution in [2.75, 3.05) is 26.7 Å². The van der Waals surface area contributed by atoms with Crippen molar-refractivity contribution in [1.29, 1.82) is 0 Å². The Labute approximate surface area is 131 Å². The number of hydrogen-bond donors (Lipinski definition) is 0. The summed E-state index contributed by atoms with van der Waals surface area (Å²) in [6, 6.07) is 3.79. The normalized spacial score (nSPS) is 20.7. The highest BCUT2D eigenvalue weighted by atomic mass is 16.2. The van der Waals surface area contributed by atoms with Gasteiger partial charge in [-0.15, -0.1) is 0 Å². The van der Waals surface area contributed by atoms with Crippen molar-refractivity contribution in [1.82, 2.24) is 14.8 Å². The Kier molecular flexibility index (Phi) is 3.89. The molecule has 0 atom stereocenters. The lowest BCUT2D eigenvalue weighted by Gasteiger charge is -2.38. The van der Waals surface area contributed by atoms with E-state index in [0.717, 1.165) is 44.6 Å². The number of carbonyl (C=O) groups excluding carboxylic acids is 2. The van der Waals surface area contributed by atoms with E-state index in [0.29, 0.717) is 12.0 Å². The first-order valence-electron chi connectivity index (χ1n) is 8.01. The fourth-order valence-corrected chi connectivity index (χ4v) is 3.56. The molecule has 1 aromatic rings. The second-order valence-corrected chi connectivity index (χ2v) is 6.61. The predicted octanol–water partition coefficient (Wildman–Crippen LogP) is 1.73. The molecule has 0 saturated carbocycles. The zero-order valence-corrected chi connectivity index (χ0v) is 13.3. The average Bonchev–Trinajstić information content (AvgIpc) is 2.81. The quantitative estimate of drug-likeness (QED) is 0.836. The van der Waals surface area contributed by atoms with Crippen LogP contribution < -0.4 is 0 Å². The summed E-state index contributed by atoms with van der Waals surface area (Å²) in [7, 11) is 1.87. The smallest absolute Gasteiger partial charge is 0.255 e. The largest absolute Gasteiger partial charge is 0.345 e. The maximum Gasteiger partial charge on any atom is 0.255 e. The van der Waals surface area contributed by atoms with Gasteiger partial charge < -0.3 is 9.80 Å². The van der Waals surface area contributed by atoms with Gasteiger partial charge in [-0.05, 0) is 31.4 Å². The van der Waals surface area contributed by atoms with Crippen molar-refractivity contribution >= 4 is 11.8 Å². The second-order valence-electron chi connectivity index (χ2n) is 6.61. The molecule has 1 aromatic heterocycles. The summed E-state index contributed by atoms with van der Waals surface area (Å²) < 4.78 is 0. The highest BCUT2D eigenvalue weighted by molar-refractivity contribution is 5.94. The van der Waals surface area contributed by atoms with Crippen molar-refractivity contribution < 1.29 is 9.59 Å². The Bertz CT molecular complexity index is 574. The number of nitrogens with zero attached hydrogens (tertiary/aromatic N) is 3. The Hall–Kier alpha value is -1.91. The highest BCUT2D eigenvalue weighted by Gasteiger charge is 2.44. The van der Waals surface area contributed by atoms with Gasteiger partial charge in [-0.25, -0.2) is 0 Å². The lowest BCUT2D eigenvalue weighted by molar-refractivity contribution is -0.126. The van der Waals surface area contributed by atoms with E-state index in [9.17, 15) is 9.59 Å². The third-order valence-corrected chi connectivity index (χ3v) is 5.07. The number of carbonyl (C=O) groups is 2. The zero-order valence-electron chi connectivity index (χ0n) is 13.3. The van der Waals surface area contributed by atoms with Gasteiger partial charge in [0, 0.05) is 50.4 Å². The number of aromatic nitrogens is 1. The molecule has 118 valence electrons. The van der Waals surface area contributed by atoms with E-state index >= 15 is 0 Å². The van der Waals surface area contributed by atoms with Crippen LogP contribution in [0.2, 0.25) is 0 Å². The van der Waals surface area contributed by atoms with Gasteiger partial charge in [-0.1, -0.05) is 6.92 Å². The molecule has 5 heteroatoms. The van der Waals surface area contributed by atoms with Crippen LogP contribution >= 0.6 is 0 Å². The Morgan fingerprint density at radius 2 is 2.05 bits per heavy atom. The van der Waals surface area contributed by atoms with E-state index in [1.165, 1.54) is 0 Å². The molecule has 3 rings (SSSR count). The first kappa shape index (κ1) is 15.0. The number of amides is 2. The summed E-state index contributed by atoms with van der Waals surface area (Å²) in [4.78, 5) is 32.4. The number of likely N-dealkylation sites (tertiary alicyclic amines) is 2. The second kappa shape index (κ2) is 5.71. The molecule has 0 aromatic carbocycles. The van der Waals surface area contributed by atoms with E-state index in [4.69, 9.17) is 0 Å². The number of pyridine rings is 1. The molecule has 2 saturated heterocycles. The van der Waals surface area contributed by atoms with Gasteiger partial charge in [0.25, 0.3) is 5.91 Å². The van der Waals surface area contributed by atoms with Crippen LogP contribution in [0.1, 0.15) is 42.2 Å². The van der Waals surface area contributed by atoms with Gasteiger partial charge in [-0.3, -0.25) is 14.6 Å². The van der Waals surface area contributed by atoms with Gasteiger partial charge in [0.15, 0.2) is 0 Å². The third kappa shape index (κ3) is 2.72. The average molecular weight is 301 g/mol. The highest BCUT2D eigenvalue weighted by Crippen LogP contribution is 2.40. The molecule has 0 unspecified atom stereocenters. The van der Waals surface area contributed by atoms with Gasteiger partial charge >= 0.3 is 0 Å². The predicted molar refractivity (Wildman–Crippen MR) is 83.4 cm³/mol. The first-order valence-corrected chi connectivity index (χ1v) is 8.01. The van der Waals surface area contributed by atoms with Crippen LogP contribution in [-0.4, -0.2) is 53.3 Å².